The number of benzene rings is 1. The molecule has 1 aromatic heterocycles. The summed E-state index contributed by atoms with van der Waals surface area (Å²) in [6.07, 6.45) is 3.77. The van der Waals surface area contributed by atoms with Crippen molar-refractivity contribution in [1.29, 1.82) is 0 Å². The van der Waals surface area contributed by atoms with E-state index in [9.17, 15) is 4.39 Å². The first-order valence-corrected chi connectivity index (χ1v) is 6.53. The van der Waals surface area contributed by atoms with Gasteiger partial charge in [-0.3, -0.25) is 4.98 Å². The van der Waals surface area contributed by atoms with Gasteiger partial charge in [-0.25, -0.2) is 4.39 Å². The maximum absolute atomic E-state index is 13.6. The van der Waals surface area contributed by atoms with Gasteiger partial charge in [0, 0.05) is 27.9 Å². The Balaban J connectivity index is 2.18. The van der Waals surface area contributed by atoms with Crippen molar-refractivity contribution in [3.63, 3.8) is 0 Å². The lowest BCUT2D eigenvalue weighted by atomic mass is 10.0. The number of rotatable bonds is 3. The molecule has 0 saturated carbocycles. The average Bonchev–Trinajstić information content (AvgIpc) is 2.32. The second-order valence-corrected chi connectivity index (χ2v) is 5.33. The predicted octanol–water partition coefficient (Wildman–Crippen LogP) is 3.88. The van der Waals surface area contributed by atoms with Gasteiger partial charge >= 0.3 is 0 Å². The van der Waals surface area contributed by atoms with E-state index in [1.54, 1.807) is 24.5 Å². The minimum absolute atomic E-state index is 0.300. The number of nitrogens with zero attached hydrogens (tertiary/aromatic N) is 1. The van der Waals surface area contributed by atoms with Crippen LogP contribution >= 0.6 is 27.5 Å². The molecule has 0 amide bonds. The Morgan fingerprint density at radius 2 is 2.11 bits per heavy atom. The van der Waals surface area contributed by atoms with Crippen molar-refractivity contribution in [3.8, 4) is 0 Å². The number of pyridine rings is 1. The SMILES string of the molecule is NC(Cc1ccc(Cl)cc1F)c1cncc(Br)c1. The Kier molecular flexibility index (Phi) is 4.32. The summed E-state index contributed by atoms with van der Waals surface area (Å²) < 4.78 is 14.5. The number of aromatic nitrogens is 1. The van der Waals surface area contributed by atoms with Crippen LogP contribution in [0, 0.1) is 5.82 Å². The van der Waals surface area contributed by atoms with Crippen molar-refractivity contribution in [2.24, 2.45) is 5.73 Å². The van der Waals surface area contributed by atoms with E-state index in [0.29, 0.717) is 17.0 Å². The van der Waals surface area contributed by atoms with Crippen LogP contribution in [-0.4, -0.2) is 4.98 Å². The van der Waals surface area contributed by atoms with Crippen molar-refractivity contribution in [1.82, 2.24) is 4.98 Å². The van der Waals surface area contributed by atoms with E-state index in [1.165, 1.54) is 6.07 Å². The van der Waals surface area contributed by atoms with Crippen LogP contribution in [0.4, 0.5) is 4.39 Å². The van der Waals surface area contributed by atoms with E-state index in [4.69, 9.17) is 17.3 Å². The Morgan fingerprint density at radius 3 is 2.78 bits per heavy atom. The van der Waals surface area contributed by atoms with E-state index in [0.717, 1.165) is 10.0 Å². The lowest BCUT2D eigenvalue weighted by Gasteiger charge is -2.12. The normalized spacial score (nSPS) is 12.4. The molecule has 18 heavy (non-hydrogen) atoms. The molecule has 0 fully saturated rings. The van der Waals surface area contributed by atoms with E-state index in [1.807, 2.05) is 6.07 Å². The maximum atomic E-state index is 13.6. The lowest BCUT2D eigenvalue weighted by Crippen LogP contribution is -2.14. The second-order valence-electron chi connectivity index (χ2n) is 3.98. The molecule has 2 rings (SSSR count). The Labute approximate surface area is 118 Å². The molecule has 2 N–H and O–H groups in total. The minimum atomic E-state index is -0.332. The number of nitrogens with two attached hydrogens (primary N) is 1. The first-order chi connectivity index (χ1) is 8.56. The van der Waals surface area contributed by atoms with Crippen LogP contribution in [-0.2, 0) is 6.42 Å². The highest BCUT2D eigenvalue weighted by Gasteiger charge is 2.11. The lowest BCUT2D eigenvalue weighted by molar-refractivity contribution is 0.593. The van der Waals surface area contributed by atoms with Crippen molar-refractivity contribution in [2.45, 2.75) is 12.5 Å². The molecule has 1 aromatic carbocycles. The maximum Gasteiger partial charge on any atom is 0.127 e. The summed E-state index contributed by atoms with van der Waals surface area (Å²) in [6.45, 7) is 0. The Morgan fingerprint density at radius 1 is 1.33 bits per heavy atom. The summed E-state index contributed by atoms with van der Waals surface area (Å²) in [5.74, 6) is -0.332. The van der Waals surface area contributed by atoms with Crippen molar-refractivity contribution in [3.05, 3.63) is 63.1 Å². The number of halogens is 3. The molecule has 0 radical (unpaired) electrons. The van der Waals surface area contributed by atoms with Gasteiger partial charge in [0.15, 0.2) is 0 Å². The van der Waals surface area contributed by atoms with Gasteiger partial charge in [0.05, 0.1) is 0 Å². The molecule has 0 bridgehead atoms. The minimum Gasteiger partial charge on any atom is -0.324 e. The third-order valence-corrected chi connectivity index (χ3v) is 3.28. The first kappa shape index (κ1) is 13.5. The van der Waals surface area contributed by atoms with Gasteiger partial charge in [0.25, 0.3) is 0 Å². The van der Waals surface area contributed by atoms with Gasteiger partial charge in [-0.2, -0.15) is 0 Å². The summed E-state index contributed by atoms with van der Waals surface area (Å²) in [6, 6.07) is 6.19. The molecule has 0 spiro atoms. The van der Waals surface area contributed by atoms with Crippen LogP contribution in [0.3, 0.4) is 0 Å². The van der Waals surface area contributed by atoms with Crippen molar-refractivity contribution in [2.75, 3.05) is 0 Å². The smallest absolute Gasteiger partial charge is 0.127 e. The fraction of sp³-hybridized carbons (Fsp3) is 0.154. The van der Waals surface area contributed by atoms with Crippen molar-refractivity contribution < 1.29 is 4.39 Å². The van der Waals surface area contributed by atoms with Gasteiger partial charge in [-0.1, -0.05) is 17.7 Å². The van der Waals surface area contributed by atoms with Gasteiger partial charge in [0.1, 0.15) is 5.82 Å². The molecule has 0 saturated heterocycles. The van der Waals surface area contributed by atoms with Crippen LogP contribution in [0.15, 0.2) is 41.1 Å². The average molecular weight is 330 g/mol. The summed E-state index contributed by atoms with van der Waals surface area (Å²) in [7, 11) is 0. The van der Waals surface area contributed by atoms with E-state index in [-0.39, 0.29) is 11.9 Å². The zero-order chi connectivity index (χ0) is 13.1. The van der Waals surface area contributed by atoms with Crippen LogP contribution < -0.4 is 5.73 Å². The van der Waals surface area contributed by atoms with Gasteiger partial charge < -0.3 is 5.73 Å². The Hall–Kier alpha value is -0.970. The quantitative estimate of drug-likeness (QED) is 0.928. The monoisotopic (exact) mass is 328 g/mol. The van der Waals surface area contributed by atoms with E-state index in [2.05, 4.69) is 20.9 Å². The summed E-state index contributed by atoms with van der Waals surface area (Å²) in [4.78, 5) is 4.04. The molecule has 0 aliphatic rings. The number of hydrogen-bond acceptors (Lipinski definition) is 2. The molecule has 2 aromatic rings. The fourth-order valence-corrected chi connectivity index (χ4v) is 2.21. The zero-order valence-electron chi connectivity index (χ0n) is 9.41. The largest absolute Gasteiger partial charge is 0.324 e. The first-order valence-electron chi connectivity index (χ1n) is 5.36. The molecule has 1 unspecified atom stereocenters. The molecular weight excluding hydrogens is 319 g/mol. The third kappa shape index (κ3) is 3.28. The van der Waals surface area contributed by atoms with Gasteiger partial charge in [-0.05, 0) is 51.7 Å². The van der Waals surface area contributed by atoms with Gasteiger partial charge in [0.2, 0.25) is 0 Å². The topological polar surface area (TPSA) is 38.9 Å². The van der Waals surface area contributed by atoms with Crippen LogP contribution in [0.1, 0.15) is 17.2 Å². The Bertz CT molecular complexity index is 562. The molecule has 0 aliphatic carbocycles. The van der Waals surface area contributed by atoms with Crippen LogP contribution in [0.2, 0.25) is 5.02 Å². The fourth-order valence-electron chi connectivity index (χ4n) is 1.67. The summed E-state index contributed by atoms with van der Waals surface area (Å²) in [5.41, 5.74) is 7.45. The molecule has 94 valence electrons. The predicted molar refractivity (Wildman–Crippen MR) is 74.0 cm³/mol. The van der Waals surface area contributed by atoms with Crippen molar-refractivity contribution >= 4 is 27.5 Å². The molecule has 5 heteroatoms. The molecular formula is C13H11BrClFN2. The van der Waals surface area contributed by atoms with Crippen LogP contribution in [0.5, 0.6) is 0 Å². The third-order valence-electron chi connectivity index (χ3n) is 2.61. The summed E-state index contributed by atoms with van der Waals surface area (Å²) in [5, 5.41) is 0.383. The van der Waals surface area contributed by atoms with Crippen LogP contribution in [0.25, 0.3) is 0 Å². The zero-order valence-corrected chi connectivity index (χ0v) is 11.7. The highest BCUT2D eigenvalue weighted by Crippen LogP contribution is 2.22. The number of hydrogen-bond donors (Lipinski definition) is 1. The van der Waals surface area contributed by atoms with Gasteiger partial charge in [-0.15, -0.1) is 0 Å². The molecule has 2 nitrogen and oxygen atoms in total. The van der Waals surface area contributed by atoms with E-state index >= 15 is 0 Å². The molecule has 1 atom stereocenters. The highest BCUT2D eigenvalue weighted by molar-refractivity contribution is 9.10. The summed E-state index contributed by atoms with van der Waals surface area (Å²) >= 11 is 9.03. The second kappa shape index (κ2) is 5.78. The highest BCUT2D eigenvalue weighted by atomic mass is 79.9. The standard InChI is InChI=1S/C13H11BrClFN2/c14-10-3-9(6-18-7-10)13(17)4-8-1-2-11(15)5-12(8)16/h1-3,5-7,13H,4,17H2. The molecule has 1 heterocycles. The van der Waals surface area contributed by atoms with E-state index < -0.39 is 0 Å². The molecule has 0 aliphatic heterocycles.